The molecule has 124 valence electrons. The SMILES string of the molecule is c1c(N2CCCCC2)cc2c(c1CC1CCCCC1)=NCCN=2. The third kappa shape index (κ3) is 3.44. The predicted octanol–water partition coefficient (Wildman–Crippen LogP) is 3.05. The Labute approximate surface area is 139 Å². The molecule has 0 spiro atoms. The second-order valence-corrected chi connectivity index (χ2v) is 7.49. The molecule has 0 atom stereocenters. The van der Waals surface area contributed by atoms with Crippen molar-refractivity contribution in [3.05, 3.63) is 28.4 Å². The Balaban J connectivity index is 1.68. The molecule has 2 fully saturated rings. The zero-order valence-electron chi connectivity index (χ0n) is 14.3. The summed E-state index contributed by atoms with van der Waals surface area (Å²) in [5.74, 6) is 0.863. The van der Waals surface area contributed by atoms with Crippen molar-refractivity contribution in [3.63, 3.8) is 0 Å². The fourth-order valence-electron chi connectivity index (χ4n) is 4.49. The predicted molar refractivity (Wildman–Crippen MR) is 94.8 cm³/mol. The molecule has 1 aromatic carbocycles. The quantitative estimate of drug-likeness (QED) is 0.843. The zero-order chi connectivity index (χ0) is 15.5. The van der Waals surface area contributed by atoms with E-state index in [0.29, 0.717) is 0 Å². The van der Waals surface area contributed by atoms with Crippen LogP contribution in [0.15, 0.2) is 22.1 Å². The van der Waals surface area contributed by atoms with Crippen LogP contribution in [0.3, 0.4) is 0 Å². The molecule has 2 heterocycles. The fourth-order valence-corrected chi connectivity index (χ4v) is 4.49. The van der Waals surface area contributed by atoms with Gasteiger partial charge in [-0.2, -0.15) is 0 Å². The first-order chi connectivity index (χ1) is 11.4. The van der Waals surface area contributed by atoms with E-state index < -0.39 is 0 Å². The molecule has 3 aliphatic rings. The van der Waals surface area contributed by atoms with Gasteiger partial charge in [-0.25, -0.2) is 0 Å². The maximum atomic E-state index is 4.83. The first-order valence-corrected chi connectivity index (χ1v) is 9.67. The van der Waals surface area contributed by atoms with E-state index >= 15 is 0 Å². The summed E-state index contributed by atoms with van der Waals surface area (Å²) in [6.45, 7) is 4.14. The van der Waals surface area contributed by atoms with E-state index in [0.717, 1.165) is 24.4 Å². The normalized spacial score (nSPS) is 22.2. The Hall–Kier alpha value is -1.38. The van der Waals surface area contributed by atoms with Crippen molar-refractivity contribution in [1.82, 2.24) is 0 Å². The van der Waals surface area contributed by atoms with Gasteiger partial charge in [-0.3, -0.25) is 9.98 Å². The molecule has 0 bridgehead atoms. The van der Waals surface area contributed by atoms with Crippen molar-refractivity contribution in [2.75, 3.05) is 31.1 Å². The van der Waals surface area contributed by atoms with Gasteiger partial charge in [0.1, 0.15) is 0 Å². The molecule has 1 saturated carbocycles. The second kappa shape index (κ2) is 7.02. The van der Waals surface area contributed by atoms with Crippen molar-refractivity contribution < 1.29 is 0 Å². The van der Waals surface area contributed by atoms with Crippen LogP contribution in [-0.4, -0.2) is 26.2 Å². The Kier molecular flexibility index (Phi) is 4.63. The van der Waals surface area contributed by atoms with E-state index in [9.17, 15) is 0 Å². The maximum absolute atomic E-state index is 4.83. The van der Waals surface area contributed by atoms with Gasteiger partial charge in [0.25, 0.3) is 0 Å². The molecule has 0 unspecified atom stereocenters. The molecular weight excluding hydrogens is 282 g/mol. The number of piperidine rings is 1. The molecule has 3 nitrogen and oxygen atoms in total. The maximum Gasteiger partial charge on any atom is 0.0860 e. The van der Waals surface area contributed by atoms with Crippen molar-refractivity contribution in [3.8, 4) is 0 Å². The van der Waals surface area contributed by atoms with Crippen LogP contribution in [0, 0.1) is 5.92 Å². The van der Waals surface area contributed by atoms with Crippen LogP contribution < -0.4 is 15.6 Å². The smallest absolute Gasteiger partial charge is 0.0860 e. The van der Waals surface area contributed by atoms with Crippen LogP contribution in [0.25, 0.3) is 0 Å². The monoisotopic (exact) mass is 311 g/mol. The van der Waals surface area contributed by atoms with Crippen LogP contribution in [0.1, 0.15) is 56.9 Å². The Morgan fingerprint density at radius 1 is 0.870 bits per heavy atom. The third-order valence-corrected chi connectivity index (χ3v) is 5.76. The van der Waals surface area contributed by atoms with Gasteiger partial charge in [-0.15, -0.1) is 0 Å². The van der Waals surface area contributed by atoms with E-state index in [-0.39, 0.29) is 0 Å². The lowest BCUT2D eigenvalue weighted by Crippen LogP contribution is -2.37. The topological polar surface area (TPSA) is 28.0 Å². The molecule has 0 amide bonds. The largest absolute Gasteiger partial charge is 0.371 e. The summed E-state index contributed by atoms with van der Waals surface area (Å²) in [6.07, 6.45) is 12.3. The lowest BCUT2D eigenvalue weighted by Gasteiger charge is -2.30. The highest BCUT2D eigenvalue weighted by Gasteiger charge is 2.18. The third-order valence-electron chi connectivity index (χ3n) is 5.76. The standard InChI is InChI=1S/C20H29N3/c1-3-7-16(8-4-1)13-17-14-18(23-11-5-2-6-12-23)15-19-20(17)22-10-9-21-19/h14-16H,1-13H2. The second-order valence-electron chi connectivity index (χ2n) is 7.49. The number of nitrogens with zero attached hydrogens (tertiary/aromatic N) is 3. The van der Waals surface area contributed by atoms with Gasteiger partial charge in [-0.05, 0) is 49.3 Å². The average Bonchev–Trinajstić information content (AvgIpc) is 2.63. The molecule has 0 aromatic heterocycles. The Morgan fingerprint density at radius 3 is 2.43 bits per heavy atom. The van der Waals surface area contributed by atoms with Crippen molar-refractivity contribution in [2.24, 2.45) is 15.9 Å². The number of hydrogen-bond acceptors (Lipinski definition) is 3. The minimum Gasteiger partial charge on any atom is -0.371 e. The molecule has 0 radical (unpaired) electrons. The van der Waals surface area contributed by atoms with E-state index in [1.54, 1.807) is 0 Å². The minimum atomic E-state index is 0.860. The molecule has 23 heavy (non-hydrogen) atoms. The fraction of sp³-hybridized carbons (Fsp3) is 0.700. The highest BCUT2D eigenvalue weighted by Crippen LogP contribution is 2.27. The van der Waals surface area contributed by atoms with Gasteiger partial charge in [0, 0.05) is 18.8 Å². The van der Waals surface area contributed by atoms with Crippen LogP contribution >= 0.6 is 0 Å². The highest BCUT2D eigenvalue weighted by molar-refractivity contribution is 5.49. The molecule has 1 aromatic rings. The van der Waals surface area contributed by atoms with E-state index in [1.807, 2.05) is 0 Å². The first kappa shape index (κ1) is 15.2. The summed E-state index contributed by atoms with van der Waals surface area (Å²) >= 11 is 0. The molecule has 3 heteroatoms. The molecule has 1 aliphatic carbocycles. The van der Waals surface area contributed by atoms with Crippen LogP contribution in [0.5, 0.6) is 0 Å². The summed E-state index contributed by atoms with van der Waals surface area (Å²) in [5.41, 5.74) is 2.87. The van der Waals surface area contributed by atoms with E-state index in [4.69, 9.17) is 9.98 Å². The Bertz CT molecular complexity index is 652. The van der Waals surface area contributed by atoms with Crippen LogP contribution in [0.4, 0.5) is 5.69 Å². The molecular formula is C20H29N3. The summed E-state index contributed by atoms with van der Waals surface area (Å²) in [5, 5.41) is 2.37. The van der Waals surface area contributed by atoms with Crippen molar-refractivity contribution in [1.29, 1.82) is 0 Å². The summed E-state index contributed by atoms with van der Waals surface area (Å²) in [4.78, 5) is 12.2. The van der Waals surface area contributed by atoms with Crippen molar-refractivity contribution >= 4 is 5.69 Å². The average molecular weight is 311 g/mol. The summed E-state index contributed by atoms with van der Waals surface area (Å²) < 4.78 is 0. The molecule has 1 saturated heterocycles. The number of benzene rings is 1. The molecule has 2 aliphatic heterocycles. The first-order valence-electron chi connectivity index (χ1n) is 9.67. The zero-order valence-corrected chi connectivity index (χ0v) is 14.3. The van der Waals surface area contributed by atoms with E-state index in [1.165, 1.54) is 87.5 Å². The van der Waals surface area contributed by atoms with Crippen molar-refractivity contribution in [2.45, 2.75) is 57.8 Å². The molecule has 0 N–H and O–H groups in total. The van der Waals surface area contributed by atoms with Crippen LogP contribution in [-0.2, 0) is 6.42 Å². The van der Waals surface area contributed by atoms with Gasteiger partial charge in [-0.1, -0.05) is 32.1 Å². The number of hydrogen-bond donors (Lipinski definition) is 0. The van der Waals surface area contributed by atoms with Gasteiger partial charge in [0.2, 0.25) is 0 Å². The van der Waals surface area contributed by atoms with Crippen LogP contribution in [0.2, 0.25) is 0 Å². The van der Waals surface area contributed by atoms with Gasteiger partial charge < -0.3 is 4.90 Å². The van der Waals surface area contributed by atoms with Gasteiger partial charge >= 0.3 is 0 Å². The van der Waals surface area contributed by atoms with E-state index in [2.05, 4.69) is 17.0 Å². The van der Waals surface area contributed by atoms with Gasteiger partial charge in [0.15, 0.2) is 0 Å². The lowest BCUT2D eigenvalue weighted by molar-refractivity contribution is 0.355. The molecule has 4 rings (SSSR count). The number of rotatable bonds is 3. The summed E-state index contributed by atoms with van der Waals surface area (Å²) in [7, 11) is 0. The number of anilines is 1. The minimum absolute atomic E-state index is 0.860. The summed E-state index contributed by atoms with van der Waals surface area (Å²) in [6, 6.07) is 4.75. The lowest BCUT2D eigenvalue weighted by atomic mass is 9.84. The number of fused-ring (bicyclic) bond motifs is 1. The van der Waals surface area contributed by atoms with Gasteiger partial charge in [0.05, 0.1) is 23.8 Å². The highest BCUT2D eigenvalue weighted by atomic mass is 15.1. The Morgan fingerprint density at radius 2 is 1.61 bits per heavy atom.